The van der Waals surface area contributed by atoms with Gasteiger partial charge in [-0.1, -0.05) is 18.2 Å². The van der Waals surface area contributed by atoms with E-state index in [9.17, 15) is 9.59 Å². The summed E-state index contributed by atoms with van der Waals surface area (Å²) in [7, 11) is 1.59. The number of ether oxygens (including phenoxy) is 1. The van der Waals surface area contributed by atoms with Crippen molar-refractivity contribution < 1.29 is 14.3 Å². The Kier molecular flexibility index (Phi) is 6.47. The maximum absolute atomic E-state index is 12.8. The van der Waals surface area contributed by atoms with E-state index in [0.29, 0.717) is 23.7 Å². The van der Waals surface area contributed by atoms with Crippen LogP contribution < -0.4 is 20.3 Å². The van der Waals surface area contributed by atoms with Gasteiger partial charge >= 0.3 is 6.03 Å². The summed E-state index contributed by atoms with van der Waals surface area (Å²) in [5.74, 6) is 0.824. The molecule has 0 aliphatic carbocycles. The van der Waals surface area contributed by atoms with Gasteiger partial charge in [0.1, 0.15) is 5.75 Å². The molecule has 8 heteroatoms. The second-order valence-electron chi connectivity index (χ2n) is 7.23. The Morgan fingerprint density at radius 1 is 1.13 bits per heavy atom. The zero-order valence-corrected chi connectivity index (χ0v) is 18.1. The van der Waals surface area contributed by atoms with Crippen LogP contribution in [-0.4, -0.2) is 30.6 Å². The second-order valence-corrected chi connectivity index (χ2v) is 8.09. The first-order chi connectivity index (χ1) is 15.1. The molecule has 0 saturated heterocycles. The highest BCUT2D eigenvalue weighted by molar-refractivity contribution is 7.13. The summed E-state index contributed by atoms with van der Waals surface area (Å²) >= 11 is 1.34. The number of aromatic nitrogens is 1. The van der Waals surface area contributed by atoms with Crippen molar-refractivity contribution in [3.8, 4) is 5.75 Å². The van der Waals surface area contributed by atoms with Crippen LogP contribution in [0.2, 0.25) is 0 Å². The Bertz CT molecular complexity index is 1060. The molecule has 160 valence electrons. The van der Waals surface area contributed by atoms with Crippen LogP contribution in [0.3, 0.4) is 0 Å². The zero-order valence-electron chi connectivity index (χ0n) is 17.3. The molecule has 2 N–H and O–H groups in total. The molecule has 1 aliphatic heterocycles. The Balaban J connectivity index is 1.29. The average molecular weight is 437 g/mol. The van der Waals surface area contributed by atoms with Crippen molar-refractivity contribution >= 4 is 39.8 Å². The lowest BCUT2D eigenvalue weighted by molar-refractivity contribution is -0.118. The van der Waals surface area contributed by atoms with Crippen LogP contribution in [0.1, 0.15) is 24.1 Å². The number of amides is 3. The average Bonchev–Trinajstić information content (AvgIpc) is 3.24. The molecule has 7 nitrogen and oxygen atoms in total. The lowest BCUT2D eigenvalue weighted by Crippen LogP contribution is -2.35. The number of anilines is 3. The minimum Gasteiger partial charge on any atom is -0.497 e. The van der Waals surface area contributed by atoms with Gasteiger partial charge in [0.15, 0.2) is 5.13 Å². The summed E-state index contributed by atoms with van der Waals surface area (Å²) in [4.78, 5) is 31.3. The molecule has 3 amide bonds. The highest BCUT2D eigenvalue weighted by Gasteiger charge is 2.22. The Morgan fingerprint density at radius 3 is 2.74 bits per heavy atom. The number of aryl methyl sites for hydroxylation is 2. The summed E-state index contributed by atoms with van der Waals surface area (Å²) in [6.45, 7) is 0.755. The van der Waals surface area contributed by atoms with E-state index in [2.05, 4.69) is 21.7 Å². The van der Waals surface area contributed by atoms with Crippen LogP contribution in [0.15, 0.2) is 53.9 Å². The van der Waals surface area contributed by atoms with Crippen LogP contribution in [-0.2, 0) is 17.6 Å². The topological polar surface area (TPSA) is 83.6 Å². The fraction of sp³-hybridized carbons (Fsp3) is 0.261. The van der Waals surface area contributed by atoms with Gasteiger partial charge in [0.2, 0.25) is 5.91 Å². The molecule has 0 fully saturated rings. The third-order valence-corrected chi connectivity index (χ3v) is 5.93. The summed E-state index contributed by atoms with van der Waals surface area (Å²) in [5, 5.41) is 7.86. The summed E-state index contributed by atoms with van der Waals surface area (Å²) in [6.07, 6.45) is 2.92. The van der Waals surface area contributed by atoms with Crippen molar-refractivity contribution in [2.75, 3.05) is 29.2 Å². The van der Waals surface area contributed by atoms with Crippen molar-refractivity contribution in [3.05, 3.63) is 65.2 Å². The van der Waals surface area contributed by atoms with Crippen LogP contribution in [0, 0.1) is 0 Å². The molecule has 0 atom stereocenters. The second kappa shape index (κ2) is 9.61. The number of nitrogens with one attached hydrogen (secondary N) is 2. The number of hydrogen-bond acceptors (Lipinski definition) is 5. The van der Waals surface area contributed by atoms with E-state index in [1.165, 1.54) is 16.9 Å². The van der Waals surface area contributed by atoms with Crippen LogP contribution in [0.25, 0.3) is 0 Å². The molecule has 1 aromatic heterocycles. The van der Waals surface area contributed by atoms with Gasteiger partial charge in [0.05, 0.1) is 12.8 Å². The van der Waals surface area contributed by atoms with Crippen LogP contribution in [0.5, 0.6) is 5.75 Å². The standard InChI is InChI=1S/C23H24N4O3S/c1-30-19-11-8-17(9-12-19)24-22(29)26-23-25-18(15-31-23)10-13-21(28)27-14-4-6-16-5-2-3-7-20(16)27/h2-3,5,7-9,11-12,15H,4,6,10,13-14H2,1H3,(H2,24,25,26,29). The van der Waals surface area contributed by atoms with Gasteiger partial charge in [-0.05, 0) is 55.2 Å². The first-order valence-corrected chi connectivity index (χ1v) is 11.0. The number of carbonyl (C=O) groups is 2. The van der Waals surface area contributed by atoms with E-state index >= 15 is 0 Å². The number of carbonyl (C=O) groups excluding carboxylic acids is 2. The number of urea groups is 1. The zero-order chi connectivity index (χ0) is 21.6. The molecular weight excluding hydrogens is 412 g/mol. The maximum atomic E-state index is 12.8. The number of thiazole rings is 1. The van der Waals surface area contributed by atoms with Crippen molar-refractivity contribution in [1.29, 1.82) is 0 Å². The molecule has 0 spiro atoms. The lowest BCUT2D eigenvalue weighted by Gasteiger charge is -2.29. The highest BCUT2D eigenvalue weighted by Crippen LogP contribution is 2.27. The fourth-order valence-corrected chi connectivity index (χ4v) is 4.32. The van der Waals surface area contributed by atoms with Gasteiger partial charge in [-0.3, -0.25) is 10.1 Å². The molecule has 0 bridgehead atoms. The molecule has 31 heavy (non-hydrogen) atoms. The molecule has 0 radical (unpaired) electrons. The maximum Gasteiger partial charge on any atom is 0.325 e. The Morgan fingerprint density at radius 2 is 1.94 bits per heavy atom. The monoisotopic (exact) mass is 436 g/mol. The molecule has 3 aromatic rings. The molecular formula is C23H24N4O3S. The minimum atomic E-state index is -0.368. The van der Waals surface area contributed by atoms with Gasteiger partial charge in [-0.25, -0.2) is 9.78 Å². The largest absolute Gasteiger partial charge is 0.497 e. The SMILES string of the molecule is COc1ccc(NC(=O)Nc2nc(CCC(=O)N3CCCc4ccccc43)cs2)cc1. The van der Waals surface area contributed by atoms with Crippen LogP contribution >= 0.6 is 11.3 Å². The van der Waals surface area contributed by atoms with E-state index in [1.807, 2.05) is 28.5 Å². The predicted molar refractivity (Wildman–Crippen MR) is 123 cm³/mol. The number of fused-ring (bicyclic) bond motifs is 1. The third kappa shape index (κ3) is 5.21. The molecule has 2 aromatic carbocycles. The number of methoxy groups -OCH3 is 1. The van der Waals surface area contributed by atoms with Gasteiger partial charge in [-0.2, -0.15) is 0 Å². The minimum absolute atomic E-state index is 0.104. The Hall–Kier alpha value is -3.39. The molecule has 4 rings (SSSR count). The predicted octanol–water partition coefficient (Wildman–Crippen LogP) is 4.71. The first-order valence-electron chi connectivity index (χ1n) is 10.2. The summed E-state index contributed by atoms with van der Waals surface area (Å²) in [6, 6.07) is 14.8. The first kappa shape index (κ1) is 20.9. The Labute approximate surface area is 185 Å². The van der Waals surface area contributed by atoms with Crippen LogP contribution in [0.4, 0.5) is 21.3 Å². The van der Waals surface area contributed by atoms with E-state index in [0.717, 1.165) is 36.5 Å². The van der Waals surface area contributed by atoms with Gasteiger partial charge in [0.25, 0.3) is 0 Å². The van der Waals surface area contributed by atoms with Gasteiger partial charge in [-0.15, -0.1) is 11.3 Å². The number of para-hydroxylation sites is 1. The van der Waals surface area contributed by atoms with E-state index in [-0.39, 0.29) is 11.9 Å². The van der Waals surface area contributed by atoms with Crippen molar-refractivity contribution in [2.24, 2.45) is 0 Å². The number of nitrogens with zero attached hydrogens (tertiary/aromatic N) is 2. The molecule has 0 saturated carbocycles. The van der Waals surface area contributed by atoms with E-state index in [4.69, 9.17) is 4.74 Å². The van der Waals surface area contributed by atoms with Crippen molar-refractivity contribution in [1.82, 2.24) is 4.98 Å². The summed E-state index contributed by atoms with van der Waals surface area (Å²) in [5.41, 5.74) is 3.70. The highest BCUT2D eigenvalue weighted by atomic mass is 32.1. The molecule has 0 unspecified atom stereocenters. The third-order valence-electron chi connectivity index (χ3n) is 5.13. The molecule has 2 heterocycles. The quantitative estimate of drug-likeness (QED) is 0.586. The normalized spacial score (nSPS) is 12.7. The van der Waals surface area contributed by atoms with Gasteiger partial charge in [0, 0.05) is 29.7 Å². The van der Waals surface area contributed by atoms with Gasteiger partial charge < -0.3 is 15.0 Å². The van der Waals surface area contributed by atoms with Crippen molar-refractivity contribution in [3.63, 3.8) is 0 Å². The number of hydrogen-bond donors (Lipinski definition) is 2. The smallest absolute Gasteiger partial charge is 0.325 e. The molecule has 1 aliphatic rings. The van der Waals surface area contributed by atoms with Crippen molar-refractivity contribution in [2.45, 2.75) is 25.7 Å². The number of benzene rings is 2. The van der Waals surface area contributed by atoms with E-state index in [1.54, 1.807) is 31.4 Å². The number of rotatable bonds is 6. The summed E-state index contributed by atoms with van der Waals surface area (Å²) < 4.78 is 5.10. The lowest BCUT2D eigenvalue weighted by atomic mass is 10.0. The van der Waals surface area contributed by atoms with E-state index < -0.39 is 0 Å². The fourth-order valence-electron chi connectivity index (χ4n) is 3.58.